The minimum absolute atomic E-state index is 0.418. The maximum Gasteiger partial charge on any atom is 0.600 e. The number of hydrogen-bond donors (Lipinski definition) is 0. The van der Waals surface area contributed by atoms with Crippen molar-refractivity contribution < 1.29 is 42.1 Å². The topological polar surface area (TPSA) is 92.2 Å². The number of fused-ring (bicyclic) bond motifs is 1. The first-order valence-electron chi connectivity index (χ1n) is 5.26. The van der Waals surface area contributed by atoms with Gasteiger partial charge in [-0.2, -0.15) is 0 Å². The molecule has 9 heteroatoms. The van der Waals surface area contributed by atoms with Crippen LogP contribution in [0.15, 0.2) is 30.3 Å². The van der Waals surface area contributed by atoms with Crippen molar-refractivity contribution >= 4 is 20.6 Å². The first-order chi connectivity index (χ1) is 9.04. The summed E-state index contributed by atoms with van der Waals surface area (Å²) in [6.45, 7) is 1.77. The highest BCUT2D eigenvalue weighted by Gasteiger charge is 2.47. The van der Waals surface area contributed by atoms with Gasteiger partial charge >= 0.3 is 5.51 Å². The Kier molecular flexibility index (Phi) is 5.36. The first-order valence-corrected chi connectivity index (χ1v) is 7.72. The Morgan fingerprint density at radius 1 is 1.10 bits per heavy atom. The summed E-state index contributed by atoms with van der Waals surface area (Å²) in [7, 11) is -6.64. The number of aryl methyl sites for hydroxylation is 1. The van der Waals surface area contributed by atoms with E-state index in [0.29, 0.717) is 16.0 Å². The fourth-order valence-electron chi connectivity index (χ4n) is 1.68. The molecule has 0 saturated carbocycles. The lowest BCUT2D eigenvalue weighted by Gasteiger charge is -2.17. The zero-order valence-corrected chi connectivity index (χ0v) is 11.7. The van der Waals surface area contributed by atoms with Crippen LogP contribution in [-0.2, 0) is 11.9 Å². The largest absolute Gasteiger partial charge is 0.600 e. The minimum Gasteiger partial charge on any atom is -0.222 e. The van der Waals surface area contributed by atoms with Gasteiger partial charge in [0.25, 0.3) is 0 Å². The van der Waals surface area contributed by atoms with Gasteiger partial charge in [-0.3, -0.25) is 0 Å². The zero-order valence-electron chi connectivity index (χ0n) is 10.1. The second-order valence-corrected chi connectivity index (χ2v) is 6.43. The van der Waals surface area contributed by atoms with Crippen LogP contribution in [-0.4, -0.2) is 0 Å². The summed E-state index contributed by atoms with van der Waals surface area (Å²) < 4.78 is 72.9. The normalized spacial score (nSPS) is 13.1. The van der Waals surface area contributed by atoms with Gasteiger partial charge in [0.2, 0.25) is 0 Å². The molecule has 20 heavy (non-hydrogen) atoms. The van der Waals surface area contributed by atoms with Crippen LogP contribution in [0.2, 0.25) is 0 Å². The van der Waals surface area contributed by atoms with Gasteiger partial charge in [0.15, 0.2) is 9.58 Å². The fourth-order valence-corrected chi connectivity index (χ4v) is 3.62. The molecular formula is C11H10ClF3O4S. The van der Waals surface area contributed by atoms with Crippen LogP contribution < -0.4 is 18.6 Å². The van der Waals surface area contributed by atoms with E-state index < -0.39 is 26.2 Å². The number of hydrogen-bond acceptors (Lipinski definition) is 4. The molecule has 1 unspecified atom stereocenters. The average Bonchev–Trinajstić information content (AvgIpc) is 2.64. The molecule has 0 radical (unpaired) electrons. The maximum absolute atomic E-state index is 12.8. The van der Waals surface area contributed by atoms with E-state index in [0.717, 1.165) is 5.39 Å². The molecule has 2 rings (SSSR count). The lowest BCUT2D eigenvalue weighted by Crippen LogP contribution is -2.68. The average molecular weight is 331 g/mol. The van der Waals surface area contributed by atoms with Crippen molar-refractivity contribution in [2.45, 2.75) is 18.9 Å². The third-order valence-electron chi connectivity index (χ3n) is 2.30. The molecule has 0 saturated heterocycles. The van der Waals surface area contributed by atoms with Crippen LogP contribution in [0.25, 0.3) is 10.1 Å². The number of halogens is 4. The molecule has 4 nitrogen and oxygen atoms in total. The van der Waals surface area contributed by atoms with E-state index in [4.69, 9.17) is 18.6 Å². The van der Waals surface area contributed by atoms with Gasteiger partial charge < -0.3 is 0 Å². The molecule has 0 aliphatic rings. The molecule has 112 valence electrons. The quantitative estimate of drug-likeness (QED) is 0.681. The monoisotopic (exact) mass is 330 g/mol. The molecule has 0 fully saturated rings. The van der Waals surface area contributed by atoms with E-state index in [9.17, 15) is 13.2 Å². The van der Waals surface area contributed by atoms with Crippen LogP contribution in [0, 0.1) is 10.2 Å². The van der Waals surface area contributed by atoms with Crippen molar-refractivity contribution in [1.82, 2.24) is 0 Å². The van der Waals surface area contributed by atoms with Gasteiger partial charge in [0, 0.05) is 17.9 Å². The first kappa shape index (κ1) is 17.2. The predicted molar refractivity (Wildman–Crippen MR) is 57.1 cm³/mol. The summed E-state index contributed by atoms with van der Waals surface area (Å²) in [5.41, 5.74) is -4.14. The summed E-state index contributed by atoms with van der Waals surface area (Å²) in [4.78, 5) is 0.490. The van der Waals surface area contributed by atoms with Gasteiger partial charge in [-0.05, 0) is 12.1 Å². The Labute approximate surface area is 117 Å². The van der Waals surface area contributed by atoms with Gasteiger partial charge in [-0.1, -0.05) is 19.1 Å². The third-order valence-corrected chi connectivity index (χ3v) is 4.50. The van der Waals surface area contributed by atoms with Crippen LogP contribution >= 0.6 is 10.5 Å². The van der Waals surface area contributed by atoms with Gasteiger partial charge in [-0.15, -0.1) is 23.4 Å². The summed E-state index contributed by atoms with van der Waals surface area (Å²) in [5.74, 6) is 0. The van der Waals surface area contributed by atoms with E-state index in [1.807, 2.05) is 0 Å². The summed E-state index contributed by atoms with van der Waals surface area (Å²) >= 11 is 0. The molecule has 0 bridgehead atoms. The highest BCUT2D eigenvalue weighted by molar-refractivity contribution is 7.38. The Hall–Kier alpha value is -0.900. The Morgan fingerprint density at radius 2 is 1.60 bits per heavy atom. The number of benzene rings is 1. The van der Waals surface area contributed by atoms with Crippen molar-refractivity contribution in [1.29, 1.82) is 0 Å². The van der Waals surface area contributed by atoms with E-state index in [1.165, 1.54) is 0 Å². The van der Waals surface area contributed by atoms with E-state index >= 15 is 0 Å². The fraction of sp³-hybridized carbons (Fsp3) is 0.273. The molecule has 0 aliphatic carbocycles. The molecule has 0 aliphatic heterocycles. The predicted octanol–water partition coefficient (Wildman–Crippen LogP) is -0.128. The highest BCUT2D eigenvalue weighted by atomic mass is 35.7. The Morgan fingerprint density at radius 3 is 2.05 bits per heavy atom. The third kappa shape index (κ3) is 4.89. The van der Waals surface area contributed by atoms with Gasteiger partial charge in [-0.25, -0.2) is 18.6 Å². The highest BCUT2D eigenvalue weighted by Crippen LogP contribution is 2.50. The summed E-state index contributed by atoms with van der Waals surface area (Å²) in [6, 6.07) is 8.42. The molecule has 1 aromatic heterocycles. The number of thiophene rings is 1. The van der Waals surface area contributed by atoms with Crippen molar-refractivity contribution in [3.8, 4) is 0 Å². The molecule has 1 heterocycles. The maximum atomic E-state index is 12.8. The Balaban J connectivity index is 0.000000347. The molecule has 0 amide bonds. The van der Waals surface area contributed by atoms with E-state index in [-0.39, 0.29) is 0 Å². The molecule has 0 N–H and O–H groups in total. The zero-order chi connectivity index (χ0) is 15.6. The van der Waals surface area contributed by atoms with Crippen LogP contribution in [0.1, 0.15) is 11.8 Å². The number of alkyl halides is 3. The Bertz CT molecular complexity index is 571. The molecule has 0 spiro atoms. The van der Waals surface area contributed by atoms with Gasteiger partial charge in [0.05, 0.1) is 10.5 Å². The smallest absolute Gasteiger partial charge is 0.222 e. The van der Waals surface area contributed by atoms with Crippen molar-refractivity contribution in [2.75, 3.05) is 0 Å². The lowest BCUT2D eigenvalue weighted by atomic mass is 10.2. The standard InChI is InChI=1S/C11H10F3S.ClHO4/c1-2-9-7-8-5-3-4-6-10(8)15(9)11(12,13)14;2-1(3,4)5/h3-7H,2H2,1H3;(H,2,3,4,5)/q+1;/p-1. The second kappa shape index (κ2) is 6.25. The van der Waals surface area contributed by atoms with Crippen molar-refractivity contribution in [3.63, 3.8) is 0 Å². The van der Waals surface area contributed by atoms with Crippen LogP contribution in [0.3, 0.4) is 0 Å². The molecule has 1 atom stereocenters. The van der Waals surface area contributed by atoms with Gasteiger partial charge in [0.1, 0.15) is 0 Å². The van der Waals surface area contributed by atoms with Crippen molar-refractivity contribution in [3.05, 3.63) is 35.2 Å². The summed E-state index contributed by atoms with van der Waals surface area (Å²) in [5, 5.41) is 0.718. The lowest BCUT2D eigenvalue weighted by molar-refractivity contribution is -2.00. The number of rotatable bonds is 1. The molecule has 1 aromatic carbocycles. The van der Waals surface area contributed by atoms with Crippen LogP contribution in [0.5, 0.6) is 0 Å². The van der Waals surface area contributed by atoms with Crippen molar-refractivity contribution in [2.24, 2.45) is 0 Å². The second-order valence-electron chi connectivity index (χ2n) is 3.63. The summed E-state index contributed by atoms with van der Waals surface area (Å²) in [6.07, 6.45) is 0.456. The van der Waals surface area contributed by atoms with E-state index in [1.54, 1.807) is 37.3 Å². The van der Waals surface area contributed by atoms with Crippen LogP contribution in [0.4, 0.5) is 13.2 Å². The molecule has 2 aromatic rings. The minimum atomic E-state index is -4.94. The van der Waals surface area contributed by atoms with E-state index in [2.05, 4.69) is 0 Å². The molecular weight excluding hydrogens is 321 g/mol. The SMILES string of the molecule is CCc1cc2ccccc2[s+]1C(F)(F)F.[O-][Cl+3]([O-])([O-])[O-].